The normalized spacial score (nSPS) is 20.4. The molecule has 1 aliphatic heterocycles. The molecule has 1 fully saturated rings. The Morgan fingerprint density at radius 3 is 3.10 bits per heavy atom. The molecular formula is C13H17BrN4OS. The van der Waals surface area contributed by atoms with E-state index in [4.69, 9.17) is 10.2 Å². The van der Waals surface area contributed by atoms with E-state index in [9.17, 15) is 0 Å². The fraction of sp³-hybridized carbons (Fsp3) is 0.538. The van der Waals surface area contributed by atoms with Crippen LogP contribution in [0.3, 0.4) is 0 Å². The smallest absolute Gasteiger partial charge is 0.257 e. The van der Waals surface area contributed by atoms with Crippen LogP contribution in [0.2, 0.25) is 0 Å². The predicted octanol–water partition coefficient (Wildman–Crippen LogP) is 2.73. The SMILES string of the molecule is NCC1CCCN(Cc2nnc(-c3ccc(Br)s3)o2)C1. The third-order valence-corrected chi connectivity index (χ3v) is 5.16. The van der Waals surface area contributed by atoms with Crippen LogP contribution in [0.4, 0.5) is 0 Å². The molecule has 0 aromatic carbocycles. The van der Waals surface area contributed by atoms with Crippen molar-refractivity contribution in [2.75, 3.05) is 19.6 Å². The van der Waals surface area contributed by atoms with Crippen LogP contribution >= 0.6 is 27.3 Å². The number of nitrogens with two attached hydrogens (primary N) is 1. The second-order valence-corrected chi connectivity index (χ2v) is 7.55. The first kappa shape index (κ1) is 14.2. The van der Waals surface area contributed by atoms with Gasteiger partial charge in [-0.05, 0) is 59.9 Å². The second kappa shape index (κ2) is 6.34. The number of aromatic nitrogens is 2. The zero-order valence-electron chi connectivity index (χ0n) is 11.1. The molecule has 1 saturated heterocycles. The first-order valence-electron chi connectivity index (χ1n) is 6.75. The van der Waals surface area contributed by atoms with Crippen LogP contribution in [0.5, 0.6) is 0 Å². The van der Waals surface area contributed by atoms with Gasteiger partial charge in [-0.2, -0.15) is 0 Å². The van der Waals surface area contributed by atoms with E-state index in [0.717, 1.165) is 34.8 Å². The average molecular weight is 357 g/mol. The lowest BCUT2D eigenvalue weighted by Gasteiger charge is -2.30. The molecule has 2 N–H and O–H groups in total. The molecule has 0 aliphatic carbocycles. The first-order valence-corrected chi connectivity index (χ1v) is 8.36. The number of rotatable bonds is 4. The van der Waals surface area contributed by atoms with Crippen molar-refractivity contribution in [1.29, 1.82) is 0 Å². The maximum Gasteiger partial charge on any atom is 0.257 e. The van der Waals surface area contributed by atoms with Crippen molar-refractivity contribution in [2.45, 2.75) is 19.4 Å². The molecule has 0 spiro atoms. The molecule has 2 aromatic heterocycles. The summed E-state index contributed by atoms with van der Waals surface area (Å²) in [6.45, 7) is 3.59. The minimum Gasteiger partial charge on any atom is -0.419 e. The molecule has 1 unspecified atom stereocenters. The highest BCUT2D eigenvalue weighted by molar-refractivity contribution is 9.11. The monoisotopic (exact) mass is 356 g/mol. The summed E-state index contributed by atoms with van der Waals surface area (Å²) in [5.74, 6) is 1.88. The van der Waals surface area contributed by atoms with Gasteiger partial charge in [-0.1, -0.05) is 0 Å². The molecule has 2 aromatic rings. The molecule has 1 aliphatic rings. The van der Waals surface area contributed by atoms with Crippen LogP contribution in [0.25, 0.3) is 10.8 Å². The third kappa shape index (κ3) is 3.28. The molecule has 0 radical (unpaired) electrons. The Bertz CT molecular complexity index is 570. The summed E-state index contributed by atoms with van der Waals surface area (Å²) in [4.78, 5) is 3.34. The van der Waals surface area contributed by atoms with Gasteiger partial charge in [0.15, 0.2) is 0 Å². The van der Waals surface area contributed by atoms with Gasteiger partial charge in [0.05, 0.1) is 15.2 Å². The fourth-order valence-corrected chi connectivity index (χ4v) is 3.83. The van der Waals surface area contributed by atoms with Crippen LogP contribution in [0.1, 0.15) is 18.7 Å². The van der Waals surface area contributed by atoms with Gasteiger partial charge >= 0.3 is 0 Å². The van der Waals surface area contributed by atoms with Crippen molar-refractivity contribution < 1.29 is 4.42 Å². The van der Waals surface area contributed by atoms with Crippen LogP contribution in [-0.4, -0.2) is 34.7 Å². The maximum absolute atomic E-state index is 5.76. The number of thiophene rings is 1. The summed E-state index contributed by atoms with van der Waals surface area (Å²) in [5.41, 5.74) is 5.76. The van der Waals surface area contributed by atoms with Gasteiger partial charge in [0, 0.05) is 6.54 Å². The summed E-state index contributed by atoms with van der Waals surface area (Å²) in [6, 6.07) is 3.97. The number of piperidine rings is 1. The molecular weight excluding hydrogens is 340 g/mol. The first-order chi connectivity index (χ1) is 9.74. The van der Waals surface area contributed by atoms with E-state index in [1.165, 1.54) is 12.8 Å². The number of likely N-dealkylation sites (tertiary alicyclic amines) is 1. The van der Waals surface area contributed by atoms with Gasteiger partial charge in [0.2, 0.25) is 5.89 Å². The molecule has 0 amide bonds. The summed E-state index contributed by atoms with van der Waals surface area (Å²) in [6.07, 6.45) is 2.42. The summed E-state index contributed by atoms with van der Waals surface area (Å²) in [5, 5.41) is 8.27. The van der Waals surface area contributed by atoms with E-state index in [0.29, 0.717) is 17.7 Å². The van der Waals surface area contributed by atoms with Crippen molar-refractivity contribution in [3.63, 3.8) is 0 Å². The van der Waals surface area contributed by atoms with E-state index in [2.05, 4.69) is 31.0 Å². The molecule has 0 saturated carbocycles. The van der Waals surface area contributed by atoms with Crippen LogP contribution in [0.15, 0.2) is 20.3 Å². The Hall–Kier alpha value is -0.760. The zero-order chi connectivity index (χ0) is 13.9. The van der Waals surface area contributed by atoms with Gasteiger partial charge in [-0.3, -0.25) is 4.90 Å². The predicted molar refractivity (Wildman–Crippen MR) is 82.4 cm³/mol. The summed E-state index contributed by atoms with van der Waals surface area (Å²) in [7, 11) is 0. The van der Waals surface area contributed by atoms with E-state index in [1.54, 1.807) is 11.3 Å². The Morgan fingerprint density at radius 1 is 1.45 bits per heavy atom. The second-order valence-electron chi connectivity index (χ2n) is 5.08. The topological polar surface area (TPSA) is 68.2 Å². The van der Waals surface area contributed by atoms with Crippen LogP contribution < -0.4 is 5.73 Å². The van der Waals surface area contributed by atoms with E-state index >= 15 is 0 Å². The van der Waals surface area contributed by atoms with E-state index in [-0.39, 0.29) is 0 Å². The van der Waals surface area contributed by atoms with Crippen molar-refractivity contribution in [3.05, 3.63) is 21.8 Å². The molecule has 7 heteroatoms. The van der Waals surface area contributed by atoms with Crippen molar-refractivity contribution in [3.8, 4) is 10.8 Å². The Balaban J connectivity index is 1.65. The molecule has 3 rings (SSSR count). The minimum atomic E-state index is 0.597. The van der Waals surface area contributed by atoms with Gasteiger partial charge in [0.25, 0.3) is 5.89 Å². The number of hydrogen-bond acceptors (Lipinski definition) is 6. The highest BCUT2D eigenvalue weighted by Gasteiger charge is 2.21. The Labute approximate surface area is 130 Å². The van der Waals surface area contributed by atoms with Crippen LogP contribution in [-0.2, 0) is 6.54 Å². The van der Waals surface area contributed by atoms with Gasteiger partial charge in [-0.15, -0.1) is 21.5 Å². The van der Waals surface area contributed by atoms with Crippen molar-refractivity contribution in [2.24, 2.45) is 11.7 Å². The van der Waals surface area contributed by atoms with Crippen LogP contribution in [0, 0.1) is 5.92 Å². The lowest BCUT2D eigenvalue weighted by atomic mass is 9.98. The van der Waals surface area contributed by atoms with Crippen molar-refractivity contribution in [1.82, 2.24) is 15.1 Å². The molecule has 0 bridgehead atoms. The molecule has 3 heterocycles. The molecule has 1 atom stereocenters. The number of nitrogens with zero attached hydrogens (tertiary/aromatic N) is 3. The highest BCUT2D eigenvalue weighted by Crippen LogP contribution is 2.30. The average Bonchev–Trinajstić information content (AvgIpc) is 3.08. The highest BCUT2D eigenvalue weighted by atomic mass is 79.9. The Morgan fingerprint density at radius 2 is 2.35 bits per heavy atom. The van der Waals surface area contributed by atoms with Crippen molar-refractivity contribution >= 4 is 27.3 Å². The third-order valence-electron chi connectivity index (χ3n) is 3.55. The molecule has 108 valence electrons. The summed E-state index contributed by atoms with van der Waals surface area (Å²) < 4.78 is 6.81. The largest absolute Gasteiger partial charge is 0.419 e. The Kier molecular flexibility index (Phi) is 4.50. The number of hydrogen-bond donors (Lipinski definition) is 1. The van der Waals surface area contributed by atoms with E-state index in [1.807, 2.05) is 12.1 Å². The lowest BCUT2D eigenvalue weighted by Crippen LogP contribution is -2.37. The van der Waals surface area contributed by atoms with E-state index < -0.39 is 0 Å². The number of halogens is 1. The van der Waals surface area contributed by atoms with Gasteiger partial charge in [-0.25, -0.2) is 0 Å². The summed E-state index contributed by atoms with van der Waals surface area (Å²) >= 11 is 5.03. The van der Waals surface area contributed by atoms with Gasteiger partial charge < -0.3 is 10.2 Å². The molecule has 5 nitrogen and oxygen atoms in total. The maximum atomic E-state index is 5.76. The molecule has 20 heavy (non-hydrogen) atoms. The minimum absolute atomic E-state index is 0.597. The quantitative estimate of drug-likeness (QED) is 0.911. The standard InChI is InChI=1S/C13H17BrN4OS/c14-11-4-3-10(20-11)13-17-16-12(19-13)8-18-5-1-2-9(6-15)7-18/h3-4,9H,1-2,5-8,15H2. The zero-order valence-corrected chi connectivity index (χ0v) is 13.5. The lowest BCUT2D eigenvalue weighted by molar-refractivity contribution is 0.158. The van der Waals surface area contributed by atoms with Gasteiger partial charge in [0.1, 0.15) is 0 Å². The fourth-order valence-electron chi connectivity index (χ4n) is 2.52.